The van der Waals surface area contributed by atoms with E-state index in [4.69, 9.17) is 9.47 Å². The summed E-state index contributed by atoms with van der Waals surface area (Å²) in [5.74, 6) is 1.28. The number of carbonyl (C=O) groups excluding carboxylic acids is 2. The van der Waals surface area contributed by atoms with E-state index in [1.165, 1.54) is 14.0 Å². The standard InChI is InChI=1S/C55H74N2O10S2/c1-36(59)32-57-49-29-39(20-26-55(65)23-7-4-8-24-55)47(28-40(49)33-58)53(56-27-9-25-54(64)21-5-3-6-22-54)67-44-17-16-43(62)34-68-69-35-48-45(18-12-37-10-14-42(61)31-46(37)48)51-38(11-15-41(60)30-44)13-19-50(63)52(51)66-2/h10,12-14,18-19,28-29,31,43-44,53,56-58,61-65H,3-9,11,15-17,20-27,30,32-35H2,1-2H3. The number of phenolic OH excluding ortho intramolecular Hbond substituents is 2. The lowest BCUT2D eigenvalue weighted by Crippen LogP contribution is -2.35. The summed E-state index contributed by atoms with van der Waals surface area (Å²) in [6, 6.07) is 16.6. The van der Waals surface area contributed by atoms with E-state index in [0.717, 1.165) is 103 Å². The third kappa shape index (κ3) is 14.4. The zero-order valence-corrected chi connectivity index (χ0v) is 42.2. The van der Waals surface area contributed by atoms with Crippen molar-refractivity contribution in [2.24, 2.45) is 0 Å². The van der Waals surface area contributed by atoms with Crippen molar-refractivity contribution in [3.05, 3.63) is 82.4 Å². The molecule has 1 heterocycles. The van der Waals surface area contributed by atoms with Gasteiger partial charge in [0.1, 0.15) is 23.5 Å². The summed E-state index contributed by atoms with van der Waals surface area (Å²) >= 11 is 0. The van der Waals surface area contributed by atoms with Crippen molar-refractivity contribution in [1.82, 2.24) is 5.32 Å². The van der Waals surface area contributed by atoms with Crippen LogP contribution in [-0.2, 0) is 39.5 Å². The Morgan fingerprint density at radius 3 is 2.30 bits per heavy atom. The molecule has 0 aromatic heterocycles. The summed E-state index contributed by atoms with van der Waals surface area (Å²) in [5.41, 5.74) is 4.67. The fourth-order valence-corrected chi connectivity index (χ4v) is 13.0. The van der Waals surface area contributed by atoms with Crippen LogP contribution < -0.4 is 15.4 Å². The van der Waals surface area contributed by atoms with Gasteiger partial charge < -0.3 is 45.4 Å². The van der Waals surface area contributed by atoms with Crippen molar-refractivity contribution in [1.29, 1.82) is 0 Å². The molecule has 376 valence electrons. The number of aliphatic hydroxyl groups excluding tert-OH is 2. The number of ketones is 2. The molecule has 3 unspecified atom stereocenters. The number of aromatic hydroxyl groups is 2. The number of rotatable bonds is 16. The van der Waals surface area contributed by atoms with E-state index in [9.17, 15) is 40.2 Å². The zero-order valence-electron chi connectivity index (χ0n) is 40.5. The quantitative estimate of drug-likeness (QED) is 0.0300. The van der Waals surface area contributed by atoms with Gasteiger partial charge in [0.15, 0.2) is 11.5 Å². The number of Topliss-reactive ketones (excluding diaryl/α,β-unsaturated/α-hetero) is 2. The van der Waals surface area contributed by atoms with Crippen LogP contribution in [0.5, 0.6) is 17.2 Å². The summed E-state index contributed by atoms with van der Waals surface area (Å²) in [4.78, 5) is 26.5. The van der Waals surface area contributed by atoms with E-state index in [1.807, 2.05) is 36.4 Å². The monoisotopic (exact) mass is 986 g/mol. The second-order valence-electron chi connectivity index (χ2n) is 19.9. The van der Waals surface area contributed by atoms with Crippen molar-refractivity contribution in [2.75, 3.05) is 31.3 Å². The summed E-state index contributed by atoms with van der Waals surface area (Å²) in [7, 11) is 4.67. The van der Waals surface area contributed by atoms with Crippen LogP contribution in [0.25, 0.3) is 21.9 Å². The average molecular weight is 987 g/mol. The summed E-state index contributed by atoms with van der Waals surface area (Å²) in [6.07, 6.45) is 10.9. The molecule has 3 aliphatic rings. The van der Waals surface area contributed by atoms with E-state index >= 15 is 0 Å². The van der Waals surface area contributed by atoms with Crippen molar-refractivity contribution in [3.8, 4) is 28.4 Å². The van der Waals surface area contributed by atoms with E-state index in [0.29, 0.717) is 85.6 Å². The average Bonchev–Trinajstić information content (AvgIpc) is 3.33. The normalized spacial score (nSPS) is 20.7. The van der Waals surface area contributed by atoms with E-state index < -0.39 is 29.6 Å². The Morgan fingerprint density at radius 1 is 0.870 bits per heavy atom. The van der Waals surface area contributed by atoms with E-state index in [1.54, 1.807) is 39.8 Å². The third-order valence-electron chi connectivity index (χ3n) is 14.6. The molecule has 0 radical (unpaired) electrons. The van der Waals surface area contributed by atoms with E-state index in [-0.39, 0.29) is 49.1 Å². The molecule has 4 aromatic carbocycles. The summed E-state index contributed by atoms with van der Waals surface area (Å²) in [5, 5.41) is 75.8. The number of aliphatic hydroxyl groups is 4. The summed E-state index contributed by atoms with van der Waals surface area (Å²) in [6.45, 7) is 1.81. The second-order valence-corrected chi connectivity index (χ2v) is 22.4. The van der Waals surface area contributed by atoms with Gasteiger partial charge in [-0.1, -0.05) is 84.4 Å². The van der Waals surface area contributed by atoms with Crippen LogP contribution >= 0.6 is 21.6 Å². The minimum absolute atomic E-state index is 0.0247. The highest BCUT2D eigenvalue weighted by molar-refractivity contribution is 8.76. The van der Waals surface area contributed by atoms with Crippen LogP contribution in [0.3, 0.4) is 0 Å². The molecule has 0 bridgehead atoms. The van der Waals surface area contributed by atoms with Gasteiger partial charge >= 0.3 is 0 Å². The molecular weight excluding hydrogens is 913 g/mol. The number of phenols is 2. The number of anilines is 1. The molecule has 0 saturated heterocycles. The van der Waals surface area contributed by atoms with Gasteiger partial charge in [0, 0.05) is 41.2 Å². The molecule has 2 aliphatic carbocycles. The van der Waals surface area contributed by atoms with Gasteiger partial charge in [-0.2, -0.15) is 0 Å². The molecule has 2 fully saturated rings. The predicted octanol–water partition coefficient (Wildman–Crippen LogP) is 10.1. The SMILES string of the molecule is COc1c(O)ccc2c1-c1ccc3ccc(O)cc3c1CSSCC(O)CCC(OC(NCCCC1(O)CCCCC1)c1cc(CO)c(NCC(C)=O)cc1CCC1(O)CCCCC1)CC(=O)CC2. The van der Waals surface area contributed by atoms with Crippen LogP contribution in [-0.4, -0.2) is 91.6 Å². The molecule has 12 nitrogen and oxygen atoms in total. The number of hydrogen-bond donors (Lipinski definition) is 8. The molecular formula is C55H74N2O10S2. The summed E-state index contributed by atoms with van der Waals surface area (Å²) < 4.78 is 13.0. The highest BCUT2D eigenvalue weighted by atomic mass is 33.1. The first-order chi connectivity index (χ1) is 33.3. The number of nitrogens with one attached hydrogen (secondary N) is 2. The molecule has 1 aliphatic heterocycles. The lowest BCUT2D eigenvalue weighted by molar-refractivity contribution is -0.124. The fourth-order valence-electron chi connectivity index (χ4n) is 10.7. The van der Waals surface area contributed by atoms with Gasteiger partial charge in [0.05, 0.1) is 43.7 Å². The Morgan fingerprint density at radius 2 is 1.59 bits per heavy atom. The zero-order chi connectivity index (χ0) is 49.0. The molecule has 0 spiro atoms. The first kappa shape index (κ1) is 53.0. The number of fused-ring (bicyclic) bond motifs is 5. The first-order valence-corrected chi connectivity index (χ1v) is 27.7. The van der Waals surface area contributed by atoms with Crippen molar-refractivity contribution in [2.45, 2.75) is 171 Å². The van der Waals surface area contributed by atoms with Gasteiger partial charge in [0.2, 0.25) is 0 Å². The van der Waals surface area contributed by atoms with Crippen molar-refractivity contribution >= 4 is 49.6 Å². The minimum atomic E-state index is -0.806. The van der Waals surface area contributed by atoms with Crippen LogP contribution in [0.2, 0.25) is 0 Å². The highest BCUT2D eigenvalue weighted by Gasteiger charge is 2.32. The second kappa shape index (κ2) is 25.0. The molecule has 2 saturated carbocycles. The molecule has 14 heteroatoms. The van der Waals surface area contributed by atoms with Gasteiger partial charge in [-0.15, -0.1) is 0 Å². The smallest absolute Gasteiger partial charge is 0.168 e. The topological polar surface area (TPSA) is 198 Å². The lowest BCUT2D eigenvalue weighted by Gasteiger charge is -2.34. The maximum atomic E-state index is 14.4. The fraction of sp³-hybridized carbons (Fsp3) is 0.564. The molecule has 3 atom stereocenters. The molecule has 8 N–H and O–H groups in total. The molecule has 4 aromatic rings. The predicted molar refractivity (Wildman–Crippen MR) is 277 cm³/mol. The highest BCUT2D eigenvalue weighted by Crippen LogP contribution is 2.46. The lowest BCUT2D eigenvalue weighted by atomic mass is 9.80. The Labute approximate surface area is 415 Å². The van der Waals surface area contributed by atoms with Crippen LogP contribution in [0.4, 0.5) is 5.69 Å². The Hall–Kier alpha value is -3.86. The van der Waals surface area contributed by atoms with Crippen LogP contribution in [0.15, 0.2) is 54.6 Å². The van der Waals surface area contributed by atoms with Crippen LogP contribution in [0, 0.1) is 0 Å². The minimum Gasteiger partial charge on any atom is -0.508 e. The van der Waals surface area contributed by atoms with Gasteiger partial charge in [-0.25, -0.2) is 0 Å². The van der Waals surface area contributed by atoms with Gasteiger partial charge in [-0.3, -0.25) is 14.9 Å². The first-order valence-electron chi connectivity index (χ1n) is 25.2. The number of aryl methyl sites for hydroxylation is 2. The maximum absolute atomic E-state index is 14.4. The maximum Gasteiger partial charge on any atom is 0.168 e. The number of ether oxygens (including phenoxy) is 2. The van der Waals surface area contributed by atoms with Gasteiger partial charge in [-0.05, 0) is 153 Å². The molecule has 0 amide bonds. The Balaban J connectivity index is 1.22. The Bertz CT molecular complexity index is 2360. The van der Waals surface area contributed by atoms with Crippen molar-refractivity contribution < 1.29 is 49.7 Å². The Kier molecular flexibility index (Phi) is 19.2. The van der Waals surface area contributed by atoms with Crippen molar-refractivity contribution in [3.63, 3.8) is 0 Å². The number of hydrogen-bond acceptors (Lipinski definition) is 14. The number of methoxy groups -OCH3 is 1. The van der Waals surface area contributed by atoms with Gasteiger partial charge in [0.25, 0.3) is 0 Å². The van der Waals surface area contributed by atoms with Crippen LogP contribution in [0.1, 0.15) is 150 Å². The number of carbonyl (C=O) groups is 2. The largest absolute Gasteiger partial charge is 0.508 e. The molecule has 69 heavy (non-hydrogen) atoms. The number of benzene rings is 4. The molecule has 7 rings (SSSR count). The van der Waals surface area contributed by atoms with E-state index in [2.05, 4.69) is 10.6 Å². The third-order valence-corrected chi connectivity index (χ3v) is 16.9.